The first kappa shape index (κ1) is 18.4. The molecule has 26 heavy (non-hydrogen) atoms. The first-order valence-corrected chi connectivity index (χ1v) is 9.56. The van der Waals surface area contributed by atoms with Gasteiger partial charge in [-0.25, -0.2) is 0 Å². The van der Waals surface area contributed by atoms with Gasteiger partial charge in [-0.15, -0.1) is 11.3 Å². The van der Waals surface area contributed by atoms with Crippen molar-refractivity contribution in [1.82, 2.24) is 5.32 Å². The Kier molecular flexibility index (Phi) is 5.55. The van der Waals surface area contributed by atoms with Crippen LogP contribution in [0, 0.1) is 17.2 Å². The van der Waals surface area contributed by atoms with E-state index >= 15 is 0 Å². The molecule has 2 aromatic rings. The summed E-state index contributed by atoms with van der Waals surface area (Å²) in [6.45, 7) is 2.22. The van der Waals surface area contributed by atoms with Crippen LogP contribution in [0.1, 0.15) is 39.7 Å². The number of amides is 1. The van der Waals surface area contributed by atoms with Gasteiger partial charge in [0.1, 0.15) is 16.8 Å². The van der Waals surface area contributed by atoms with E-state index in [2.05, 4.69) is 23.6 Å². The number of rotatable bonds is 3. The van der Waals surface area contributed by atoms with Crippen LogP contribution in [0.25, 0.3) is 0 Å². The Morgan fingerprint density at radius 3 is 2.92 bits per heavy atom. The molecule has 0 saturated heterocycles. The van der Waals surface area contributed by atoms with Crippen molar-refractivity contribution in [3.63, 3.8) is 0 Å². The van der Waals surface area contributed by atoms with Gasteiger partial charge in [-0.3, -0.25) is 10.1 Å². The monoisotopic (exact) mass is 385 g/mol. The molecule has 0 aliphatic heterocycles. The molecule has 0 saturated carbocycles. The lowest BCUT2D eigenvalue weighted by molar-refractivity contribution is 0.0975. The van der Waals surface area contributed by atoms with E-state index in [-0.39, 0.29) is 11.0 Å². The van der Waals surface area contributed by atoms with Crippen LogP contribution in [0.4, 0.5) is 5.00 Å². The summed E-state index contributed by atoms with van der Waals surface area (Å²) < 4.78 is 5.20. The molecule has 1 aliphatic carbocycles. The zero-order chi connectivity index (χ0) is 18.7. The predicted molar refractivity (Wildman–Crippen MR) is 107 cm³/mol. The van der Waals surface area contributed by atoms with Crippen LogP contribution >= 0.6 is 23.6 Å². The number of benzene rings is 1. The molecule has 1 aliphatic rings. The second-order valence-corrected chi connectivity index (χ2v) is 7.79. The number of methoxy groups -OCH3 is 1. The number of carbonyl (C=O) groups excluding carboxylic acids is 1. The Morgan fingerprint density at radius 1 is 1.42 bits per heavy atom. The first-order valence-electron chi connectivity index (χ1n) is 8.33. The summed E-state index contributed by atoms with van der Waals surface area (Å²) in [6, 6.07) is 9.22. The van der Waals surface area contributed by atoms with Crippen molar-refractivity contribution in [3.05, 3.63) is 45.8 Å². The third kappa shape index (κ3) is 3.71. The minimum absolute atomic E-state index is 0.170. The van der Waals surface area contributed by atoms with Crippen molar-refractivity contribution < 1.29 is 9.53 Å². The zero-order valence-electron chi connectivity index (χ0n) is 14.6. The molecule has 1 amide bonds. The number of ether oxygens (including phenoxy) is 1. The number of carbonyl (C=O) groups is 1. The van der Waals surface area contributed by atoms with Gasteiger partial charge in [-0.2, -0.15) is 5.26 Å². The summed E-state index contributed by atoms with van der Waals surface area (Å²) in [5.74, 6) is 0.747. The third-order valence-corrected chi connectivity index (χ3v) is 5.80. The smallest absolute Gasteiger partial charge is 0.261 e. The largest absolute Gasteiger partial charge is 0.496 e. The van der Waals surface area contributed by atoms with Crippen LogP contribution in [-0.2, 0) is 12.8 Å². The highest BCUT2D eigenvalue weighted by Gasteiger charge is 2.24. The summed E-state index contributed by atoms with van der Waals surface area (Å²) in [5, 5.41) is 16.1. The number of nitriles is 1. The molecule has 0 spiro atoms. The van der Waals surface area contributed by atoms with Crippen molar-refractivity contribution in [2.75, 3.05) is 12.4 Å². The fourth-order valence-electron chi connectivity index (χ4n) is 3.09. The fourth-order valence-corrected chi connectivity index (χ4v) is 4.72. The number of anilines is 1. The lowest BCUT2D eigenvalue weighted by Gasteiger charge is -2.17. The Balaban J connectivity index is 1.75. The summed E-state index contributed by atoms with van der Waals surface area (Å²) in [7, 11) is 1.51. The maximum Gasteiger partial charge on any atom is 0.261 e. The second-order valence-electron chi connectivity index (χ2n) is 6.28. The minimum atomic E-state index is -0.353. The van der Waals surface area contributed by atoms with Crippen LogP contribution in [0.15, 0.2) is 24.3 Å². The zero-order valence-corrected chi connectivity index (χ0v) is 16.2. The van der Waals surface area contributed by atoms with Crippen molar-refractivity contribution >= 4 is 39.6 Å². The Morgan fingerprint density at radius 2 is 2.19 bits per heavy atom. The standard InChI is InChI=1S/C19H19N3O2S2/c1-11-7-8-12-14(10-20)18(26-16(12)9-11)22-19(25)21-17(23)13-5-3-4-6-15(13)24-2/h3-6,11H,7-9H2,1-2H3,(H2,21,22,23,25)/t11-/m0/s1. The molecule has 1 heterocycles. The lowest BCUT2D eigenvalue weighted by atomic mass is 9.89. The Bertz CT molecular complexity index is 899. The minimum Gasteiger partial charge on any atom is -0.496 e. The molecular formula is C19H19N3O2S2. The third-order valence-electron chi connectivity index (χ3n) is 4.43. The van der Waals surface area contributed by atoms with Crippen LogP contribution in [0.2, 0.25) is 0 Å². The van der Waals surface area contributed by atoms with E-state index in [1.165, 1.54) is 12.0 Å². The lowest BCUT2D eigenvalue weighted by Crippen LogP contribution is -2.34. The van der Waals surface area contributed by atoms with E-state index in [1.807, 2.05) is 0 Å². The highest BCUT2D eigenvalue weighted by atomic mass is 32.1. The predicted octanol–water partition coefficient (Wildman–Crippen LogP) is 3.88. The molecule has 0 bridgehead atoms. The second kappa shape index (κ2) is 7.85. The maximum atomic E-state index is 12.4. The fraction of sp³-hybridized carbons (Fsp3) is 0.316. The summed E-state index contributed by atoms with van der Waals surface area (Å²) in [6.07, 6.45) is 2.99. The number of fused-ring (bicyclic) bond motifs is 1. The molecule has 1 aromatic carbocycles. The molecular weight excluding hydrogens is 366 g/mol. The molecule has 0 fully saturated rings. The highest BCUT2D eigenvalue weighted by molar-refractivity contribution is 7.80. The quantitative estimate of drug-likeness (QED) is 0.785. The number of para-hydroxylation sites is 1. The molecule has 0 radical (unpaired) electrons. The summed E-state index contributed by atoms with van der Waals surface area (Å²) in [4.78, 5) is 13.7. The van der Waals surface area contributed by atoms with Gasteiger partial charge in [0.2, 0.25) is 0 Å². The van der Waals surface area contributed by atoms with E-state index in [9.17, 15) is 10.1 Å². The average Bonchev–Trinajstić information content (AvgIpc) is 2.97. The first-order chi connectivity index (χ1) is 12.5. The van der Waals surface area contributed by atoms with Gasteiger partial charge in [0, 0.05) is 4.88 Å². The van der Waals surface area contributed by atoms with Crippen LogP contribution in [0.5, 0.6) is 5.75 Å². The van der Waals surface area contributed by atoms with Crippen molar-refractivity contribution in [3.8, 4) is 11.8 Å². The van der Waals surface area contributed by atoms with E-state index in [0.29, 0.717) is 27.8 Å². The highest BCUT2D eigenvalue weighted by Crippen LogP contribution is 2.39. The topological polar surface area (TPSA) is 74.2 Å². The normalized spacial score (nSPS) is 15.5. The van der Waals surface area contributed by atoms with E-state index in [0.717, 1.165) is 24.8 Å². The van der Waals surface area contributed by atoms with Gasteiger partial charge in [0.15, 0.2) is 5.11 Å². The molecule has 0 unspecified atom stereocenters. The molecule has 7 heteroatoms. The number of thiophene rings is 1. The van der Waals surface area contributed by atoms with E-state index < -0.39 is 0 Å². The van der Waals surface area contributed by atoms with Crippen molar-refractivity contribution in [1.29, 1.82) is 5.26 Å². The van der Waals surface area contributed by atoms with Crippen molar-refractivity contribution in [2.45, 2.75) is 26.2 Å². The summed E-state index contributed by atoms with van der Waals surface area (Å²) in [5.41, 5.74) is 2.17. The molecule has 5 nitrogen and oxygen atoms in total. The van der Waals surface area contributed by atoms with Crippen LogP contribution in [-0.4, -0.2) is 18.1 Å². The van der Waals surface area contributed by atoms with Gasteiger partial charge in [0.05, 0.1) is 18.2 Å². The summed E-state index contributed by atoms with van der Waals surface area (Å²) >= 11 is 6.83. The number of hydrogen-bond donors (Lipinski definition) is 2. The number of nitrogens with zero attached hydrogens (tertiary/aromatic N) is 1. The van der Waals surface area contributed by atoms with Gasteiger partial charge < -0.3 is 10.1 Å². The molecule has 3 rings (SSSR count). The van der Waals surface area contributed by atoms with Gasteiger partial charge in [0.25, 0.3) is 5.91 Å². The molecule has 134 valence electrons. The van der Waals surface area contributed by atoms with E-state index in [4.69, 9.17) is 17.0 Å². The SMILES string of the molecule is COc1ccccc1C(=O)NC(=S)Nc1sc2c(c1C#N)CC[C@H](C)C2. The van der Waals surface area contributed by atoms with Gasteiger partial charge in [-0.05, 0) is 55.1 Å². The molecule has 1 atom stereocenters. The number of thiocarbonyl (C=S) groups is 1. The molecule has 2 N–H and O–H groups in total. The molecule has 1 aromatic heterocycles. The number of nitrogens with one attached hydrogen (secondary N) is 2. The van der Waals surface area contributed by atoms with Crippen LogP contribution in [0.3, 0.4) is 0 Å². The Hall–Kier alpha value is -2.43. The maximum absolute atomic E-state index is 12.4. The van der Waals surface area contributed by atoms with Crippen LogP contribution < -0.4 is 15.4 Å². The van der Waals surface area contributed by atoms with E-state index in [1.54, 1.807) is 35.6 Å². The Labute approximate surface area is 162 Å². The van der Waals surface area contributed by atoms with Gasteiger partial charge >= 0.3 is 0 Å². The average molecular weight is 386 g/mol. The van der Waals surface area contributed by atoms with Crippen molar-refractivity contribution in [2.24, 2.45) is 5.92 Å². The number of hydrogen-bond acceptors (Lipinski definition) is 5. The van der Waals surface area contributed by atoms with Gasteiger partial charge in [-0.1, -0.05) is 19.1 Å².